The van der Waals surface area contributed by atoms with Gasteiger partial charge in [0.15, 0.2) is 0 Å². The molecule has 1 aromatic heterocycles. The van der Waals surface area contributed by atoms with E-state index in [0.29, 0.717) is 47.4 Å². The fraction of sp³-hybridized carbons (Fsp3) is 0.500. The summed E-state index contributed by atoms with van der Waals surface area (Å²) in [6.07, 6.45) is 6.22. The lowest BCUT2D eigenvalue weighted by Crippen LogP contribution is -2.35. The first-order valence-corrected chi connectivity index (χ1v) is 12.3. The normalized spacial score (nSPS) is 16.3. The van der Waals surface area contributed by atoms with Gasteiger partial charge in [-0.1, -0.05) is 33.1 Å². The average molecular weight is 456 g/mol. The second kappa shape index (κ2) is 8.99. The van der Waals surface area contributed by atoms with Crippen LogP contribution in [0.5, 0.6) is 0 Å². The van der Waals surface area contributed by atoms with E-state index in [1.165, 1.54) is 18.3 Å². The number of carbonyl (C=O) groups excluding carboxylic acids is 1. The van der Waals surface area contributed by atoms with Crippen molar-refractivity contribution in [2.45, 2.75) is 68.7 Å². The highest BCUT2D eigenvalue weighted by Crippen LogP contribution is 2.40. The number of aromatic nitrogens is 1. The van der Waals surface area contributed by atoms with Gasteiger partial charge in [0, 0.05) is 11.9 Å². The Hall–Kier alpha value is -2.04. The third-order valence-corrected chi connectivity index (χ3v) is 8.26. The van der Waals surface area contributed by atoms with Crippen LogP contribution in [0.2, 0.25) is 0 Å². The predicted molar refractivity (Wildman–Crippen MR) is 114 cm³/mol. The Balaban J connectivity index is 1.77. The number of nitrogens with one attached hydrogen (secondary N) is 2. The van der Waals surface area contributed by atoms with Crippen LogP contribution < -0.4 is 10.0 Å². The number of urea groups is 1. The van der Waals surface area contributed by atoms with E-state index in [2.05, 4.69) is 10.3 Å². The number of aryl methyl sites for hydroxylation is 2. The van der Waals surface area contributed by atoms with Gasteiger partial charge in [0.2, 0.25) is 4.34 Å². The maximum atomic E-state index is 13.7. The van der Waals surface area contributed by atoms with Gasteiger partial charge in [-0.3, -0.25) is 0 Å². The Morgan fingerprint density at radius 3 is 2.37 bits per heavy atom. The molecule has 0 aliphatic heterocycles. The van der Waals surface area contributed by atoms with Gasteiger partial charge in [-0.2, -0.15) is 8.42 Å². The average Bonchev–Trinajstić information content (AvgIpc) is 3.21. The van der Waals surface area contributed by atoms with Crippen molar-refractivity contribution in [2.24, 2.45) is 0 Å². The largest absolute Gasteiger partial charge is 0.384 e. The van der Waals surface area contributed by atoms with Gasteiger partial charge in [-0.15, -0.1) is 11.3 Å². The van der Waals surface area contributed by atoms with Crippen molar-refractivity contribution in [3.05, 3.63) is 40.2 Å². The molecule has 0 spiro atoms. The van der Waals surface area contributed by atoms with E-state index in [9.17, 15) is 22.7 Å². The summed E-state index contributed by atoms with van der Waals surface area (Å²) in [6, 6.07) is 1.70. The van der Waals surface area contributed by atoms with Crippen LogP contribution in [0.15, 0.2) is 22.7 Å². The smallest absolute Gasteiger partial charge is 0.333 e. The van der Waals surface area contributed by atoms with E-state index in [4.69, 9.17) is 0 Å². The highest BCUT2D eigenvalue weighted by atomic mass is 32.2. The van der Waals surface area contributed by atoms with Crippen molar-refractivity contribution in [2.75, 3.05) is 5.32 Å². The van der Waals surface area contributed by atoms with E-state index in [1.54, 1.807) is 0 Å². The zero-order chi connectivity index (χ0) is 21.9. The fourth-order valence-electron chi connectivity index (χ4n) is 3.73. The van der Waals surface area contributed by atoms with E-state index in [-0.39, 0.29) is 4.34 Å². The lowest BCUT2D eigenvalue weighted by atomic mass is 9.84. The first-order chi connectivity index (χ1) is 14.2. The summed E-state index contributed by atoms with van der Waals surface area (Å²) < 4.78 is 40.7. The molecular formula is C20H26FN3O4S2. The zero-order valence-corrected chi connectivity index (χ0v) is 18.6. The minimum absolute atomic E-state index is 0.280. The molecule has 164 valence electrons. The molecule has 2 amide bonds. The fourth-order valence-corrected chi connectivity index (χ4v) is 5.93. The summed E-state index contributed by atoms with van der Waals surface area (Å²) in [5.74, 6) is -0.404. The van der Waals surface area contributed by atoms with E-state index < -0.39 is 27.5 Å². The first kappa shape index (κ1) is 22.6. The van der Waals surface area contributed by atoms with Crippen molar-refractivity contribution in [1.29, 1.82) is 0 Å². The van der Waals surface area contributed by atoms with Crippen molar-refractivity contribution in [1.82, 2.24) is 9.71 Å². The number of amides is 2. The SMILES string of the molecule is CCc1cc(F)cc(CC)c1NC(=O)NS(=O)(=O)c1ncc(C2(O)CCCCC2)s1. The molecule has 3 N–H and O–H groups in total. The Morgan fingerprint density at radius 1 is 1.20 bits per heavy atom. The first-order valence-electron chi connectivity index (χ1n) is 10.0. The van der Waals surface area contributed by atoms with Gasteiger partial charge < -0.3 is 10.4 Å². The molecule has 0 unspecified atom stereocenters. The monoisotopic (exact) mass is 455 g/mol. The molecule has 1 aliphatic carbocycles. The number of nitrogens with zero attached hydrogens (tertiary/aromatic N) is 1. The Morgan fingerprint density at radius 2 is 1.80 bits per heavy atom. The topological polar surface area (TPSA) is 108 Å². The molecule has 0 saturated heterocycles. The molecule has 1 heterocycles. The summed E-state index contributed by atoms with van der Waals surface area (Å²) in [7, 11) is -4.21. The highest BCUT2D eigenvalue weighted by Gasteiger charge is 2.35. The van der Waals surface area contributed by atoms with Gasteiger partial charge in [0.1, 0.15) is 11.4 Å². The summed E-state index contributed by atoms with van der Waals surface area (Å²) in [5, 5.41) is 13.3. The second-order valence-electron chi connectivity index (χ2n) is 7.45. The molecular weight excluding hydrogens is 429 g/mol. The number of rotatable bonds is 6. The molecule has 0 radical (unpaired) electrons. The maximum Gasteiger partial charge on any atom is 0.333 e. The number of thiazole rings is 1. The summed E-state index contributed by atoms with van der Waals surface area (Å²) in [5.41, 5.74) is 0.503. The van der Waals surface area contributed by atoms with Crippen LogP contribution in [0.3, 0.4) is 0 Å². The molecule has 30 heavy (non-hydrogen) atoms. The molecule has 1 aliphatic rings. The maximum absolute atomic E-state index is 13.7. The summed E-state index contributed by atoms with van der Waals surface area (Å²) in [4.78, 5) is 16.8. The lowest BCUT2D eigenvalue weighted by molar-refractivity contribution is 0.00264. The van der Waals surface area contributed by atoms with Gasteiger partial charge >= 0.3 is 6.03 Å². The summed E-state index contributed by atoms with van der Waals surface area (Å²) >= 11 is 0.870. The number of hydrogen-bond acceptors (Lipinski definition) is 6. The zero-order valence-electron chi connectivity index (χ0n) is 17.0. The quantitative estimate of drug-likeness (QED) is 0.608. The third kappa shape index (κ3) is 4.81. The number of aliphatic hydroxyl groups is 1. The van der Waals surface area contributed by atoms with Gasteiger partial charge in [0.05, 0.1) is 4.88 Å². The molecule has 2 aromatic rings. The number of sulfonamides is 1. The number of hydrogen-bond donors (Lipinski definition) is 3. The molecule has 1 fully saturated rings. The molecule has 0 atom stereocenters. The van der Waals surface area contributed by atoms with Crippen LogP contribution in [0, 0.1) is 5.82 Å². The Labute approximate surface area is 179 Å². The van der Waals surface area contributed by atoms with Crippen LogP contribution in [-0.2, 0) is 28.5 Å². The van der Waals surface area contributed by atoms with E-state index in [1.807, 2.05) is 18.6 Å². The minimum atomic E-state index is -4.21. The van der Waals surface area contributed by atoms with Crippen LogP contribution in [-0.4, -0.2) is 24.5 Å². The standard InChI is InChI=1S/C20H26FN3O4S2/c1-3-13-10-15(21)11-14(4-2)17(13)23-18(25)24-30(27,28)19-22-12-16(29-19)20(26)8-6-5-7-9-20/h10-12,26H,3-9H2,1-2H3,(H2,23,24,25). The van der Waals surface area contributed by atoms with Crippen molar-refractivity contribution < 1.29 is 22.7 Å². The predicted octanol–water partition coefficient (Wildman–Crippen LogP) is 4.07. The second-order valence-corrected chi connectivity index (χ2v) is 10.3. The van der Waals surface area contributed by atoms with Gasteiger partial charge in [-0.05, 0) is 48.9 Å². The molecule has 0 bridgehead atoms. The van der Waals surface area contributed by atoms with Crippen molar-refractivity contribution >= 4 is 33.1 Å². The number of carbonyl (C=O) groups is 1. The third-order valence-electron chi connectivity index (χ3n) is 5.35. The van der Waals surface area contributed by atoms with Crippen LogP contribution in [0.1, 0.15) is 62.0 Å². The number of halogens is 1. The minimum Gasteiger partial charge on any atom is -0.384 e. The molecule has 10 heteroatoms. The summed E-state index contributed by atoms with van der Waals surface area (Å²) in [6.45, 7) is 3.64. The van der Waals surface area contributed by atoms with Crippen molar-refractivity contribution in [3.8, 4) is 0 Å². The lowest BCUT2D eigenvalue weighted by Gasteiger charge is -2.30. The highest BCUT2D eigenvalue weighted by molar-refractivity contribution is 7.92. The Kier molecular flexibility index (Phi) is 6.78. The van der Waals surface area contributed by atoms with Crippen LogP contribution >= 0.6 is 11.3 Å². The van der Waals surface area contributed by atoms with Crippen molar-refractivity contribution in [3.63, 3.8) is 0 Å². The van der Waals surface area contributed by atoms with Gasteiger partial charge in [-0.25, -0.2) is 18.9 Å². The van der Waals surface area contributed by atoms with Gasteiger partial charge in [0.25, 0.3) is 10.0 Å². The number of anilines is 1. The molecule has 7 nitrogen and oxygen atoms in total. The van der Waals surface area contributed by atoms with Crippen LogP contribution in [0.25, 0.3) is 0 Å². The Bertz CT molecular complexity index is 1010. The molecule has 3 rings (SSSR count). The van der Waals surface area contributed by atoms with Crippen LogP contribution in [0.4, 0.5) is 14.9 Å². The molecule has 1 aromatic carbocycles. The van der Waals surface area contributed by atoms with E-state index in [0.717, 1.165) is 30.6 Å². The molecule has 1 saturated carbocycles. The van der Waals surface area contributed by atoms with E-state index >= 15 is 0 Å². The number of benzene rings is 1.